The molecule has 1 fully saturated rings. The van der Waals surface area contributed by atoms with Crippen molar-refractivity contribution in [1.29, 1.82) is 0 Å². The van der Waals surface area contributed by atoms with Gasteiger partial charge < -0.3 is 20.1 Å². The molecular weight excluding hydrogens is 411 g/mol. The van der Waals surface area contributed by atoms with Crippen LogP contribution < -0.4 is 15.0 Å². The van der Waals surface area contributed by atoms with Crippen LogP contribution in [0.3, 0.4) is 0 Å². The number of nitrogens with zero attached hydrogens (tertiary/aromatic N) is 4. The van der Waals surface area contributed by atoms with E-state index in [9.17, 15) is 28.1 Å². The number of carboxylic acids is 1. The Hall–Kier alpha value is -3.64. The highest BCUT2D eigenvalue weighted by Crippen LogP contribution is 2.35. The molecule has 0 radical (unpaired) electrons. The number of nitrogens with one attached hydrogen (secondary N) is 1. The minimum atomic E-state index is -4.83. The quantitative estimate of drug-likeness (QED) is 0.526. The van der Waals surface area contributed by atoms with Gasteiger partial charge in [-0.2, -0.15) is 0 Å². The topological polar surface area (TPSA) is 131 Å². The van der Waals surface area contributed by atoms with E-state index in [1.54, 1.807) is 4.90 Å². The van der Waals surface area contributed by atoms with Crippen molar-refractivity contribution in [3.63, 3.8) is 0 Å². The first-order chi connectivity index (χ1) is 14.1. The summed E-state index contributed by atoms with van der Waals surface area (Å²) < 4.78 is 40.5. The zero-order chi connectivity index (χ0) is 21.9. The fourth-order valence-corrected chi connectivity index (χ4v) is 3.08. The Morgan fingerprint density at radius 1 is 1.23 bits per heavy atom. The Balaban J connectivity index is 1.81. The molecular formula is C17H16F3N5O5. The summed E-state index contributed by atoms with van der Waals surface area (Å²) in [5.74, 6) is -1.97. The second-order valence-electron chi connectivity index (χ2n) is 6.45. The largest absolute Gasteiger partial charge is 0.573 e. The summed E-state index contributed by atoms with van der Waals surface area (Å²) in [6, 6.07) is 4.62. The Morgan fingerprint density at radius 2 is 1.87 bits per heavy atom. The number of alkyl halides is 3. The van der Waals surface area contributed by atoms with Gasteiger partial charge in [-0.1, -0.05) is 0 Å². The molecule has 0 amide bonds. The summed E-state index contributed by atoms with van der Waals surface area (Å²) >= 11 is 0. The van der Waals surface area contributed by atoms with Gasteiger partial charge in [-0.25, -0.2) is 9.97 Å². The van der Waals surface area contributed by atoms with E-state index in [-0.39, 0.29) is 30.4 Å². The van der Waals surface area contributed by atoms with Crippen LogP contribution in [0.25, 0.3) is 0 Å². The normalized spacial score (nSPS) is 15.0. The van der Waals surface area contributed by atoms with Gasteiger partial charge in [0.05, 0.1) is 10.8 Å². The molecule has 1 aromatic carbocycles. The smallest absolute Gasteiger partial charge is 0.481 e. The number of anilines is 3. The second-order valence-corrected chi connectivity index (χ2v) is 6.45. The van der Waals surface area contributed by atoms with Gasteiger partial charge in [0.1, 0.15) is 12.1 Å². The summed E-state index contributed by atoms with van der Waals surface area (Å²) in [7, 11) is 0. The molecule has 10 nitrogen and oxygen atoms in total. The highest BCUT2D eigenvalue weighted by molar-refractivity contribution is 5.75. The van der Waals surface area contributed by atoms with Crippen molar-refractivity contribution in [3.8, 4) is 5.75 Å². The van der Waals surface area contributed by atoms with Crippen molar-refractivity contribution in [2.75, 3.05) is 23.3 Å². The van der Waals surface area contributed by atoms with Crippen LogP contribution >= 0.6 is 0 Å². The number of hydrogen-bond donors (Lipinski definition) is 2. The Morgan fingerprint density at radius 3 is 2.40 bits per heavy atom. The third-order valence-corrected chi connectivity index (χ3v) is 4.48. The molecule has 2 aromatic rings. The Labute approximate surface area is 167 Å². The molecule has 2 heterocycles. The first-order valence-corrected chi connectivity index (χ1v) is 8.74. The van der Waals surface area contributed by atoms with Crippen molar-refractivity contribution < 1.29 is 32.7 Å². The maximum Gasteiger partial charge on any atom is 0.573 e. The van der Waals surface area contributed by atoms with Gasteiger partial charge in [0, 0.05) is 18.8 Å². The minimum Gasteiger partial charge on any atom is -0.481 e. The van der Waals surface area contributed by atoms with Gasteiger partial charge in [0.2, 0.25) is 11.6 Å². The molecule has 0 aliphatic carbocycles. The van der Waals surface area contributed by atoms with Crippen LogP contribution in [0.5, 0.6) is 5.75 Å². The van der Waals surface area contributed by atoms with Gasteiger partial charge in [-0.15, -0.1) is 13.2 Å². The predicted molar refractivity (Wildman–Crippen MR) is 97.7 cm³/mol. The number of rotatable bonds is 6. The molecule has 0 bridgehead atoms. The van der Waals surface area contributed by atoms with E-state index in [2.05, 4.69) is 20.0 Å². The molecule has 160 valence electrons. The lowest BCUT2D eigenvalue weighted by Crippen LogP contribution is -2.37. The number of nitro groups is 1. The zero-order valence-corrected chi connectivity index (χ0v) is 15.3. The molecule has 0 unspecified atom stereocenters. The fourth-order valence-electron chi connectivity index (χ4n) is 3.08. The van der Waals surface area contributed by atoms with E-state index in [1.165, 1.54) is 12.1 Å². The van der Waals surface area contributed by atoms with E-state index in [4.69, 9.17) is 5.11 Å². The molecule has 0 atom stereocenters. The van der Waals surface area contributed by atoms with Crippen LogP contribution in [0.1, 0.15) is 12.8 Å². The number of carbonyl (C=O) groups is 1. The van der Waals surface area contributed by atoms with Crippen molar-refractivity contribution in [1.82, 2.24) is 9.97 Å². The molecule has 1 aliphatic rings. The highest BCUT2D eigenvalue weighted by atomic mass is 19.4. The average Bonchev–Trinajstić information content (AvgIpc) is 2.68. The van der Waals surface area contributed by atoms with Crippen LogP contribution in [0.4, 0.5) is 36.2 Å². The van der Waals surface area contributed by atoms with Gasteiger partial charge in [0.15, 0.2) is 0 Å². The molecule has 30 heavy (non-hydrogen) atoms. The predicted octanol–water partition coefficient (Wildman–Crippen LogP) is 3.33. The summed E-state index contributed by atoms with van der Waals surface area (Å²) in [4.78, 5) is 31.6. The van der Waals surface area contributed by atoms with Gasteiger partial charge in [-0.05, 0) is 37.1 Å². The number of benzene rings is 1. The molecule has 13 heteroatoms. The minimum absolute atomic E-state index is 0.0402. The summed E-state index contributed by atoms with van der Waals surface area (Å²) in [6.45, 7) is 0.551. The zero-order valence-electron chi connectivity index (χ0n) is 15.3. The van der Waals surface area contributed by atoms with Crippen molar-refractivity contribution in [2.24, 2.45) is 5.92 Å². The fraction of sp³-hybridized carbons (Fsp3) is 0.353. The first kappa shape index (κ1) is 21.1. The number of aromatic nitrogens is 2. The molecule has 1 aliphatic heterocycles. The van der Waals surface area contributed by atoms with Crippen LogP contribution in [0.15, 0.2) is 30.6 Å². The maximum absolute atomic E-state index is 12.3. The van der Waals surface area contributed by atoms with Gasteiger partial charge >= 0.3 is 18.0 Å². The van der Waals surface area contributed by atoms with E-state index >= 15 is 0 Å². The lowest BCUT2D eigenvalue weighted by molar-refractivity contribution is -0.383. The van der Waals surface area contributed by atoms with E-state index in [0.717, 1.165) is 18.5 Å². The number of aliphatic carboxylic acids is 1. The molecule has 0 spiro atoms. The van der Waals surface area contributed by atoms with Crippen LogP contribution in [-0.2, 0) is 4.79 Å². The maximum atomic E-state index is 12.3. The lowest BCUT2D eigenvalue weighted by atomic mass is 9.97. The molecule has 1 aromatic heterocycles. The Bertz CT molecular complexity index is 930. The third-order valence-electron chi connectivity index (χ3n) is 4.48. The first-order valence-electron chi connectivity index (χ1n) is 8.74. The number of halogens is 3. The van der Waals surface area contributed by atoms with Gasteiger partial charge in [0.25, 0.3) is 0 Å². The van der Waals surface area contributed by atoms with Crippen molar-refractivity contribution in [3.05, 3.63) is 40.7 Å². The average molecular weight is 427 g/mol. The molecule has 2 N–H and O–H groups in total. The standard InChI is InChI=1S/C17H16F3N5O5/c18-17(19,20)30-12-3-1-11(2-4-12)23-14-13(25(28)29)15(22-9-21-14)24-7-5-10(6-8-24)16(26)27/h1-4,9-10H,5-8H2,(H,26,27)(H,21,22,23). The number of ether oxygens (including phenoxy) is 1. The SMILES string of the molecule is O=C(O)C1CCN(c2ncnc(Nc3ccc(OC(F)(F)F)cc3)c2[N+](=O)[O-])CC1. The molecule has 0 saturated carbocycles. The van der Waals surface area contributed by atoms with Crippen molar-refractivity contribution >= 4 is 29.0 Å². The number of carboxylic acid groups (broad SMARTS) is 1. The van der Waals surface area contributed by atoms with Gasteiger partial charge in [-0.3, -0.25) is 14.9 Å². The number of piperidine rings is 1. The lowest BCUT2D eigenvalue weighted by Gasteiger charge is -2.30. The summed E-state index contributed by atoms with van der Waals surface area (Å²) in [5.41, 5.74) is -0.163. The molecule has 3 rings (SSSR count). The number of hydrogen-bond acceptors (Lipinski definition) is 8. The third kappa shape index (κ3) is 5.04. The van der Waals surface area contributed by atoms with E-state index in [1.807, 2.05) is 0 Å². The monoisotopic (exact) mass is 427 g/mol. The van der Waals surface area contributed by atoms with Crippen molar-refractivity contribution in [2.45, 2.75) is 19.2 Å². The van der Waals surface area contributed by atoms with Crippen LogP contribution in [0.2, 0.25) is 0 Å². The van der Waals surface area contributed by atoms with Crippen LogP contribution in [-0.4, -0.2) is 45.4 Å². The molecule has 1 saturated heterocycles. The summed E-state index contributed by atoms with van der Waals surface area (Å²) in [5, 5.41) is 23.5. The summed E-state index contributed by atoms with van der Waals surface area (Å²) in [6.07, 6.45) is -3.07. The second kappa shape index (κ2) is 8.39. The van der Waals surface area contributed by atoms with E-state index < -0.39 is 34.6 Å². The van der Waals surface area contributed by atoms with E-state index in [0.29, 0.717) is 12.8 Å². The van der Waals surface area contributed by atoms with Crippen LogP contribution in [0, 0.1) is 16.0 Å². The highest BCUT2D eigenvalue weighted by Gasteiger charge is 2.32. The Kier molecular flexibility index (Phi) is 5.89.